The normalized spacial score (nSPS) is 19.8. The summed E-state index contributed by atoms with van der Waals surface area (Å²) in [4.78, 5) is 35.5. The molecule has 39 heavy (non-hydrogen) atoms. The van der Waals surface area contributed by atoms with E-state index in [1.54, 1.807) is 14.0 Å². The molecule has 0 unspecified atom stereocenters. The van der Waals surface area contributed by atoms with Gasteiger partial charge in [-0.15, -0.1) is 0 Å². The summed E-state index contributed by atoms with van der Waals surface area (Å²) in [6, 6.07) is 27.8. The average molecular weight is 527 g/mol. The second-order valence-electron chi connectivity index (χ2n) is 9.64. The molecule has 0 bridgehead atoms. The van der Waals surface area contributed by atoms with Crippen LogP contribution in [0.4, 0.5) is 0 Å². The molecule has 3 aromatic carbocycles. The van der Waals surface area contributed by atoms with Gasteiger partial charge in [-0.05, 0) is 35.7 Å². The molecule has 2 atom stereocenters. The summed E-state index contributed by atoms with van der Waals surface area (Å²) in [6.07, 6.45) is 0. The number of hydrogen-bond donors (Lipinski definition) is 1. The molecule has 2 heterocycles. The molecule has 8 nitrogen and oxygen atoms in total. The third-order valence-electron chi connectivity index (χ3n) is 7.30. The molecule has 0 saturated carbocycles. The van der Waals surface area contributed by atoms with E-state index in [1.807, 2.05) is 36.4 Å². The van der Waals surface area contributed by atoms with Crippen molar-refractivity contribution in [3.63, 3.8) is 0 Å². The highest BCUT2D eigenvalue weighted by Gasteiger charge is 2.42. The van der Waals surface area contributed by atoms with E-state index in [1.165, 1.54) is 11.1 Å². The first-order valence-corrected chi connectivity index (χ1v) is 13.4. The van der Waals surface area contributed by atoms with Gasteiger partial charge in [0.15, 0.2) is 5.92 Å². The van der Waals surface area contributed by atoms with Gasteiger partial charge in [-0.3, -0.25) is 19.8 Å². The Balaban J connectivity index is 1.38. The van der Waals surface area contributed by atoms with Crippen molar-refractivity contribution in [2.45, 2.75) is 19.0 Å². The van der Waals surface area contributed by atoms with Crippen molar-refractivity contribution in [3.05, 3.63) is 102 Å². The van der Waals surface area contributed by atoms with Crippen LogP contribution >= 0.6 is 0 Å². The fraction of sp³-hybridized carbons (Fsp3) is 0.323. The zero-order valence-electron chi connectivity index (χ0n) is 22.3. The summed E-state index contributed by atoms with van der Waals surface area (Å²) < 4.78 is 10.5. The van der Waals surface area contributed by atoms with E-state index in [4.69, 9.17) is 14.5 Å². The molecule has 8 heteroatoms. The number of amides is 1. The third-order valence-corrected chi connectivity index (χ3v) is 7.30. The van der Waals surface area contributed by atoms with Crippen LogP contribution in [-0.2, 0) is 14.3 Å². The Morgan fingerprint density at radius 2 is 1.51 bits per heavy atom. The lowest BCUT2D eigenvalue weighted by Gasteiger charge is -2.42. The number of hydrogen-bond acceptors (Lipinski definition) is 7. The molecule has 1 N–H and O–H groups in total. The van der Waals surface area contributed by atoms with Crippen LogP contribution in [0.15, 0.2) is 89.9 Å². The second kappa shape index (κ2) is 12.1. The van der Waals surface area contributed by atoms with Gasteiger partial charge in [0.05, 0.1) is 19.8 Å². The molecule has 0 aromatic heterocycles. The number of carbonyl (C=O) groups excluding carboxylic acids is 2. The molecule has 1 saturated heterocycles. The first-order chi connectivity index (χ1) is 19.1. The highest BCUT2D eigenvalue weighted by atomic mass is 16.5. The quantitative estimate of drug-likeness (QED) is 0.373. The molecule has 0 aliphatic carbocycles. The fourth-order valence-corrected chi connectivity index (χ4v) is 5.34. The lowest BCUT2D eigenvalue weighted by atomic mass is 9.91. The predicted molar refractivity (Wildman–Crippen MR) is 149 cm³/mol. The highest BCUT2D eigenvalue weighted by Crippen LogP contribution is 2.33. The van der Waals surface area contributed by atoms with E-state index in [-0.39, 0.29) is 12.6 Å². The number of methoxy groups -OCH3 is 1. The first kappa shape index (κ1) is 26.4. The van der Waals surface area contributed by atoms with Gasteiger partial charge in [-0.25, -0.2) is 4.99 Å². The van der Waals surface area contributed by atoms with Crippen LogP contribution in [0.5, 0.6) is 5.75 Å². The van der Waals surface area contributed by atoms with E-state index in [2.05, 4.69) is 63.6 Å². The third kappa shape index (κ3) is 5.81. The minimum absolute atomic E-state index is 0.137. The van der Waals surface area contributed by atoms with Crippen LogP contribution in [0, 0.1) is 5.92 Å². The largest absolute Gasteiger partial charge is 0.497 e. The molecule has 0 spiro atoms. The van der Waals surface area contributed by atoms with E-state index in [0.717, 1.165) is 18.7 Å². The summed E-state index contributed by atoms with van der Waals surface area (Å²) in [6.45, 7) is 4.88. The zero-order chi connectivity index (χ0) is 27.2. The summed E-state index contributed by atoms with van der Waals surface area (Å²) >= 11 is 0. The van der Waals surface area contributed by atoms with Crippen LogP contribution in [0.2, 0.25) is 0 Å². The summed E-state index contributed by atoms with van der Waals surface area (Å²) in [7, 11) is 1.60. The number of benzene rings is 3. The molecule has 5 rings (SSSR count). The summed E-state index contributed by atoms with van der Waals surface area (Å²) in [5.74, 6) is -0.829. The van der Waals surface area contributed by atoms with E-state index < -0.39 is 23.8 Å². The Hall–Kier alpha value is -4.17. The summed E-state index contributed by atoms with van der Waals surface area (Å²) in [5.41, 5.74) is 3.25. The van der Waals surface area contributed by atoms with E-state index >= 15 is 0 Å². The average Bonchev–Trinajstić information content (AvgIpc) is 2.98. The van der Waals surface area contributed by atoms with Gasteiger partial charge in [0, 0.05) is 26.2 Å². The molecular weight excluding hydrogens is 492 g/mol. The molecule has 202 valence electrons. The number of ether oxygens (including phenoxy) is 2. The number of nitrogens with one attached hydrogen (secondary N) is 1. The number of esters is 1. The van der Waals surface area contributed by atoms with Crippen LogP contribution in [0.3, 0.4) is 0 Å². The Morgan fingerprint density at radius 3 is 2.05 bits per heavy atom. The van der Waals surface area contributed by atoms with Crippen molar-refractivity contribution in [1.29, 1.82) is 0 Å². The lowest BCUT2D eigenvalue weighted by molar-refractivity contribution is -0.153. The maximum atomic E-state index is 13.3. The van der Waals surface area contributed by atoms with Crippen molar-refractivity contribution < 1.29 is 19.1 Å². The number of piperazine rings is 1. The van der Waals surface area contributed by atoms with Gasteiger partial charge in [-0.2, -0.15) is 0 Å². The number of carbonyl (C=O) groups is 2. The van der Waals surface area contributed by atoms with Gasteiger partial charge >= 0.3 is 5.97 Å². The Labute approximate surface area is 229 Å². The molecule has 2 aliphatic rings. The van der Waals surface area contributed by atoms with Crippen LogP contribution < -0.4 is 10.1 Å². The minimum Gasteiger partial charge on any atom is -0.497 e. The number of guanidine groups is 1. The fourth-order valence-electron chi connectivity index (χ4n) is 5.34. The highest BCUT2D eigenvalue weighted by molar-refractivity contribution is 6.08. The van der Waals surface area contributed by atoms with Gasteiger partial charge in [0.25, 0.3) is 0 Å². The maximum Gasteiger partial charge on any atom is 0.321 e. The Morgan fingerprint density at radius 1 is 0.923 bits per heavy atom. The Bertz CT molecular complexity index is 1250. The van der Waals surface area contributed by atoms with Crippen molar-refractivity contribution >= 4 is 17.8 Å². The van der Waals surface area contributed by atoms with Crippen LogP contribution in [-0.4, -0.2) is 67.5 Å². The van der Waals surface area contributed by atoms with Crippen molar-refractivity contribution in [2.24, 2.45) is 10.9 Å². The molecule has 3 aromatic rings. The van der Waals surface area contributed by atoms with Gasteiger partial charge in [0.1, 0.15) is 11.8 Å². The van der Waals surface area contributed by atoms with Crippen molar-refractivity contribution in [3.8, 4) is 5.75 Å². The smallest absolute Gasteiger partial charge is 0.321 e. The predicted octanol–water partition coefficient (Wildman–Crippen LogP) is 3.81. The monoisotopic (exact) mass is 526 g/mol. The molecule has 1 fully saturated rings. The SMILES string of the molecule is CCOC(=O)[C@@H]1C(=O)NC(N2CCN(C(c3ccccc3)c3ccccc3)CC2)=N[C@H]1c1ccc(OC)cc1. The maximum absolute atomic E-state index is 13.3. The number of aliphatic imine (C=N–C) groups is 1. The molecule has 2 aliphatic heterocycles. The van der Waals surface area contributed by atoms with Gasteiger partial charge < -0.3 is 14.4 Å². The van der Waals surface area contributed by atoms with E-state index in [9.17, 15) is 9.59 Å². The summed E-state index contributed by atoms with van der Waals surface area (Å²) in [5, 5.41) is 2.90. The second-order valence-corrected chi connectivity index (χ2v) is 9.64. The zero-order valence-corrected chi connectivity index (χ0v) is 22.3. The number of nitrogens with zero attached hydrogens (tertiary/aromatic N) is 3. The van der Waals surface area contributed by atoms with Crippen LogP contribution in [0.1, 0.15) is 35.7 Å². The Kier molecular flexibility index (Phi) is 8.22. The minimum atomic E-state index is -1.05. The van der Waals surface area contributed by atoms with Crippen molar-refractivity contribution in [2.75, 3.05) is 39.9 Å². The molecular formula is C31H34N4O4. The van der Waals surface area contributed by atoms with Crippen LogP contribution in [0.25, 0.3) is 0 Å². The molecule has 0 radical (unpaired) electrons. The van der Waals surface area contributed by atoms with E-state index in [0.29, 0.717) is 24.8 Å². The lowest BCUT2D eigenvalue weighted by Crippen LogP contribution is -2.57. The molecule has 1 amide bonds. The number of rotatable bonds is 7. The van der Waals surface area contributed by atoms with Gasteiger partial charge in [-0.1, -0.05) is 72.8 Å². The van der Waals surface area contributed by atoms with Gasteiger partial charge in [0.2, 0.25) is 11.9 Å². The topological polar surface area (TPSA) is 83.5 Å². The first-order valence-electron chi connectivity index (χ1n) is 13.4. The van der Waals surface area contributed by atoms with Crippen molar-refractivity contribution in [1.82, 2.24) is 15.1 Å². The standard InChI is InChI=1S/C31H34N4O4/c1-3-39-30(37)26-27(22-14-16-25(38-2)17-15-22)32-31(33-29(26)36)35-20-18-34(19-21-35)28(23-10-6-4-7-11-23)24-12-8-5-9-13-24/h4-17,26-28H,3,18-21H2,1-2H3,(H,32,33,36)/t26-,27-/m0/s1.